The predicted molar refractivity (Wildman–Crippen MR) is 97.3 cm³/mol. The van der Waals surface area contributed by atoms with Gasteiger partial charge in [-0.3, -0.25) is 9.88 Å². The molecule has 0 atom stereocenters. The van der Waals surface area contributed by atoms with E-state index in [1.165, 1.54) is 11.2 Å². The highest BCUT2D eigenvalue weighted by Gasteiger charge is 2.21. The fourth-order valence-corrected chi connectivity index (χ4v) is 3.53. The monoisotopic (exact) mass is 336 g/mol. The number of hydrogen-bond donors (Lipinski definition) is 0. The zero-order valence-corrected chi connectivity index (χ0v) is 14.6. The van der Waals surface area contributed by atoms with Crippen LogP contribution in [-0.4, -0.2) is 38.5 Å². The third-order valence-electron chi connectivity index (χ3n) is 4.92. The normalized spacial score (nSPS) is 16.5. The molecular weight excluding hydrogens is 312 g/mol. The molecule has 0 saturated carbocycles. The highest BCUT2D eigenvalue weighted by atomic mass is 16.5. The van der Waals surface area contributed by atoms with E-state index in [9.17, 15) is 0 Å². The first kappa shape index (κ1) is 16.2. The zero-order valence-electron chi connectivity index (χ0n) is 14.6. The van der Waals surface area contributed by atoms with Gasteiger partial charge in [0.2, 0.25) is 0 Å². The minimum atomic E-state index is 0.344. The summed E-state index contributed by atoms with van der Waals surface area (Å²) in [5.74, 6) is 1.06. The molecule has 0 aromatic carbocycles. The van der Waals surface area contributed by atoms with Crippen molar-refractivity contribution in [3.05, 3.63) is 66.0 Å². The first-order valence-corrected chi connectivity index (χ1v) is 8.95. The molecule has 1 saturated heterocycles. The van der Waals surface area contributed by atoms with Crippen LogP contribution in [0.5, 0.6) is 0 Å². The molecule has 0 radical (unpaired) electrons. The van der Waals surface area contributed by atoms with Gasteiger partial charge in [0.05, 0.1) is 23.9 Å². The molecule has 0 aliphatic carbocycles. The average molecular weight is 336 g/mol. The number of fused-ring (bicyclic) bond motifs is 1. The summed E-state index contributed by atoms with van der Waals surface area (Å²) >= 11 is 0. The van der Waals surface area contributed by atoms with E-state index in [-0.39, 0.29) is 0 Å². The fraction of sp³-hybridized carbons (Fsp3) is 0.400. The maximum Gasteiger partial charge on any atom is 0.110 e. The van der Waals surface area contributed by atoms with Crippen LogP contribution in [0.2, 0.25) is 0 Å². The molecule has 0 amide bonds. The molecule has 1 aliphatic heterocycles. The first-order chi connectivity index (χ1) is 12.3. The molecule has 4 rings (SSSR count). The third-order valence-corrected chi connectivity index (χ3v) is 4.92. The van der Waals surface area contributed by atoms with Gasteiger partial charge < -0.3 is 9.14 Å². The van der Waals surface area contributed by atoms with Gasteiger partial charge in [0.1, 0.15) is 5.82 Å². The Morgan fingerprint density at radius 1 is 1.16 bits per heavy atom. The van der Waals surface area contributed by atoms with E-state index < -0.39 is 0 Å². The standard InChI is InChI=1S/C20H24N4O/c1-16-22-19(20-6-2-3-10-24(16)20)14-23-11-7-18(8-12-23)25-15-17-5-4-9-21-13-17/h2-6,9-10,13,18H,7-8,11-12,14-15H2,1H3. The lowest BCUT2D eigenvalue weighted by Gasteiger charge is -2.31. The zero-order chi connectivity index (χ0) is 17.1. The maximum atomic E-state index is 6.06. The van der Waals surface area contributed by atoms with Gasteiger partial charge in [0.15, 0.2) is 0 Å². The Morgan fingerprint density at radius 3 is 2.84 bits per heavy atom. The minimum absolute atomic E-state index is 0.344. The highest BCUT2D eigenvalue weighted by Crippen LogP contribution is 2.20. The summed E-state index contributed by atoms with van der Waals surface area (Å²) in [6.45, 7) is 5.75. The van der Waals surface area contributed by atoms with Gasteiger partial charge in [-0.2, -0.15) is 0 Å². The van der Waals surface area contributed by atoms with Crippen molar-refractivity contribution < 1.29 is 4.74 Å². The maximum absolute atomic E-state index is 6.06. The summed E-state index contributed by atoms with van der Waals surface area (Å²) in [7, 11) is 0. The summed E-state index contributed by atoms with van der Waals surface area (Å²) in [5.41, 5.74) is 3.53. The smallest absolute Gasteiger partial charge is 0.110 e. The van der Waals surface area contributed by atoms with Crippen molar-refractivity contribution in [1.29, 1.82) is 0 Å². The topological polar surface area (TPSA) is 42.7 Å². The number of ether oxygens (including phenoxy) is 1. The quantitative estimate of drug-likeness (QED) is 0.717. The van der Waals surface area contributed by atoms with Crippen molar-refractivity contribution in [2.75, 3.05) is 13.1 Å². The van der Waals surface area contributed by atoms with Crippen LogP contribution in [0.4, 0.5) is 0 Å². The molecule has 130 valence electrons. The summed E-state index contributed by atoms with van der Waals surface area (Å²) in [6, 6.07) is 10.3. The highest BCUT2D eigenvalue weighted by molar-refractivity contribution is 5.53. The lowest BCUT2D eigenvalue weighted by molar-refractivity contribution is -0.00415. The van der Waals surface area contributed by atoms with Gasteiger partial charge in [-0.15, -0.1) is 0 Å². The fourth-order valence-electron chi connectivity index (χ4n) is 3.53. The van der Waals surface area contributed by atoms with Crippen LogP contribution < -0.4 is 0 Å². The summed E-state index contributed by atoms with van der Waals surface area (Å²) in [4.78, 5) is 11.4. The van der Waals surface area contributed by atoms with Crippen molar-refractivity contribution in [3.63, 3.8) is 0 Å². The van der Waals surface area contributed by atoms with E-state index in [2.05, 4.69) is 51.7 Å². The Hall–Kier alpha value is -2.24. The Bertz CT molecular complexity index is 822. The number of pyridine rings is 2. The number of imidazole rings is 1. The van der Waals surface area contributed by atoms with Crippen molar-refractivity contribution in [1.82, 2.24) is 19.3 Å². The molecule has 5 heteroatoms. The summed E-state index contributed by atoms with van der Waals surface area (Å²) < 4.78 is 8.22. The molecule has 1 aliphatic rings. The number of rotatable bonds is 5. The van der Waals surface area contributed by atoms with Gasteiger partial charge >= 0.3 is 0 Å². The summed E-state index contributed by atoms with van der Waals surface area (Å²) in [6.07, 6.45) is 8.25. The van der Waals surface area contributed by atoms with Gasteiger partial charge in [0, 0.05) is 38.2 Å². The number of hydrogen-bond acceptors (Lipinski definition) is 4. The van der Waals surface area contributed by atoms with E-state index in [1.54, 1.807) is 6.20 Å². The van der Waals surface area contributed by atoms with Gasteiger partial charge in [-0.1, -0.05) is 12.1 Å². The Morgan fingerprint density at radius 2 is 2.04 bits per heavy atom. The first-order valence-electron chi connectivity index (χ1n) is 8.95. The number of nitrogens with zero attached hydrogens (tertiary/aromatic N) is 4. The van der Waals surface area contributed by atoms with Crippen LogP contribution in [0, 0.1) is 6.92 Å². The Labute approximate surface area is 148 Å². The molecule has 0 spiro atoms. The molecule has 0 N–H and O–H groups in total. The lowest BCUT2D eigenvalue weighted by Crippen LogP contribution is -2.36. The molecule has 3 aromatic rings. The second-order valence-electron chi connectivity index (χ2n) is 6.71. The van der Waals surface area contributed by atoms with Crippen molar-refractivity contribution in [3.8, 4) is 0 Å². The number of aromatic nitrogens is 3. The predicted octanol–water partition coefficient (Wildman–Crippen LogP) is 3.22. The minimum Gasteiger partial charge on any atom is -0.373 e. The van der Waals surface area contributed by atoms with E-state index in [0.717, 1.165) is 43.9 Å². The SMILES string of the molecule is Cc1nc(CN2CCC(OCc3cccnc3)CC2)c2ccccn12. The van der Waals surface area contributed by atoms with Crippen molar-refractivity contribution >= 4 is 5.52 Å². The molecule has 5 nitrogen and oxygen atoms in total. The van der Waals surface area contributed by atoms with Gasteiger partial charge in [-0.05, 0) is 43.5 Å². The Kier molecular flexibility index (Phi) is 4.76. The van der Waals surface area contributed by atoms with Crippen LogP contribution in [0.3, 0.4) is 0 Å². The van der Waals surface area contributed by atoms with Crippen LogP contribution >= 0.6 is 0 Å². The van der Waals surface area contributed by atoms with Crippen LogP contribution in [0.15, 0.2) is 48.9 Å². The molecule has 4 heterocycles. The van der Waals surface area contributed by atoms with E-state index in [4.69, 9.17) is 9.72 Å². The lowest BCUT2D eigenvalue weighted by atomic mass is 10.1. The van der Waals surface area contributed by atoms with Crippen LogP contribution in [-0.2, 0) is 17.9 Å². The number of likely N-dealkylation sites (tertiary alicyclic amines) is 1. The molecule has 1 fully saturated rings. The number of aryl methyl sites for hydroxylation is 1. The molecule has 0 bridgehead atoms. The molecule has 0 unspecified atom stereocenters. The Balaban J connectivity index is 1.31. The largest absolute Gasteiger partial charge is 0.373 e. The molecule has 3 aromatic heterocycles. The molecular formula is C20H24N4O. The second-order valence-corrected chi connectivity index (χ2v) is 6.71. The van der Waals surface area contributed by atoms with Gasteiger partial charge in [0.25, 0.3) is 0 Å². The average Bonchev–Trinajstić information content (AvgIpc) is 2.98. The van der Waals surface area contributed by atoms with Crippen LogP contribution in [0.1, 0.15) is 29.9 Å². The second kappa shape index (κ2) is 7.33. The van der Waals surface area contributed by atoms with E-state index in [0.29, 0.717) is 12.7 Å². The van der Waals surface area contributed by atoms with E-state index in [1.807, 2.05) is 12.3 Å². The van der Waals surface area contributed by atoms with Crippen LogP contribution in [0.25, 0.3) is 5.52 Å². The van der Waals surface area contributed by atoms with E-state index >= 15 is 0 Å². The summed E-state index contributed by atoms with van der Waals surface area (Å²) in [5, 5.41) is 0. The van der Waals surface area contributed by atoms with Crippen molar-refractivity contribution in [2.24, 2.45) is 0 Å². The number of piperidine rings is 1. The van der Waals surface area contributed by atoms with Crippen molar-refractivity contribution in [2.45, 2.75) is 39.0 Å². The molecule has 25 heavy (non-hydrogen) atoms. The van der Waals surface area contributed by atoms with Gasteiger partial charge in [-0.25, -0.2) is 4.98 Å². The third kappa shape index (κ3) is 3.72.